The Morgan fingerprint density at radius 1 is 1.35 bits per heavy atom. The molecule has 2 amide bonds. The fourth-order valence-electron chi connectivity index (χ4n) is 1.79. The van der Waals surface area contributed by atoms with Crippen LogP contribution in [0.3, 0.4) is 0 Å². The summed E-state index contributed by atoms with van der Waals surface area (Å²) in [6, 6.07) is 5.34. The second kappa shape index (κ2) is 6.14. The van der Waals surface area contributed by atoms with E-state index in [0.717, 1.165) is 23.6 Å². The number of carbonyl (C=O) groups is 1. The van der Waals surface area contributed by atoms with E-state index in [-0.39, 0.29) is 6.03 Å². The zero-order chi connectivity index (χ0) is 14.5. The van der Waals surface area contributed by atoms with E-state index in [4.69, 9.17) is 0 Å². The van der Waals surface area contributed by atoms with E-state index in [9.17, 15) is 4.79 Å². The number of aromatic nitrogens is 4. The molecule has 0 atom stereocenters. The van der Waals surface area contributed by atoms with Crippen molar-refractivity contribution < 1.29 is 4.79 Å². The molecule has 0 aromatic carbocycles. The summed E-state index contributed by atoms with van der Waals surface area (Å²) in [6.45, 7) is 4.26. The van der Waals surface area contributed by atoms with Gasteiger partial charge in [-0.3, -0.25) is 15.0 Å². The van der Waals surface area contributed by atoms with E-state index in [1.807, 2.05) is 32.0 Å². The van der Waals surface area contributed by atoms with E-state index < -0.39 is 0 Å². The number of nitrogens with one attached hydrogen (secondary N) is 2. The van der Waals surface area contributed by atoms with Gasteiger partial charge in [-0.1, -0.05) is 13.0 Å². The molecule has 0 aliphatic rings. The Hall–Kier alpha value is -2.44. The normalized spacial score (nSPS) is 10.3. The number of amides is 2. The number of rotatable bonds is 4. The van der Waals surface area contributed by atoms with Gasteiger partial charge in [0.25, 0.3) is 0 Å². The van der Waals surface area contributed by atoms with Crippen molar-refractivity contribution in [1.29, 1.82) is 0 Å². The van der Waals surface area contributed by atoms with Gasteiger partial charge in [0.15, 0.2) is 0 Å². The SMILES string of the molecule is CCc1nc(NC(=O)NCc2cccc(C)n2)nn1C. The van der Waals surface area contributed by atoms with Crippen LogP contribution in [0, 0.1) is 6.92 Å². The number of anilines is 1. The summed E-state index contributed by atoms with van der Waals surface area (Å²) in [7, 11) is 1.80. The molecule has 0 radical (unpaired) electrons. The van der Waals surface area contributed by atoms with Crippen LogP contribution in [0.25, 0.3) is 0 Å². The largest absolute Gasteiger partial charge is 0.332 e. The van der Waals surface area contributed by atoms with Crippen molar-refractivity contribution in [3.05, 3.63) is 35.4 Å². The average molecular weight is 274 g/mol. The maximum atomic E-state index is 11.7. The van der Waals surface area contributed by atoms with Crippen LogP contribution in [0.1, 0.15) is 24.1 Å². The van der Waals surface area contributed by atoms with Crippen molar-refractivity contribution >= 4 is 12.0 Å². The highest BCUT2D eigenvalue weighted by Gasteiger charge is 2.08. The minimum Gasteiger partial charge on any atom is -0.332 e. The summed E-state index contributed by atoms with van der Waals surface area (Å²) < 4.78 is 1.65. The fraction of sp³-hybridized carbons (Fsp3) is 0.385. The number of pyridine rings is 1. The monoisotopic (exact) mass is 274 g/mol. The van der Waals surface area contributed by atoms with Gasteiger partial charge in [0.2, 0.25) is 5.95 Å². The Morgan fingerprint density at radius 3 is 2.80 bits per heavy atom. The van der Waals surface area contributed by atoms with E-state index in [1.54, 1.807) is 11.7 Å². The standard InChI is InChI=1S/C13H18N6O/c1-4-11-16-12(18-19(11)3)17-13(20)14-8-10-7-5-6-9(2)15-10/h5-7H,4,8H2,1-3H3,(H2,14,17,18,20). The summed E-state index contributed by atoms with van der Waals surface area (Å²) >= 11 is 0. The van der Waals surface area contributed by atoms with Crippen LogP contribution < -0.4 is 10.6 Å². The molecule has 0 aliphatic heterocycles. The highest BCUT2D eigenvalue weighted by Crippen LogP contribution is 2.02. The van der Waals surface area contributed by atoms with Crippen LogP contribution >= 0.6 is 0 Å². The number of hydrogen-bond donors (Lipinski definition) is 2. The van der Waals surface area contributed by atoms with Gasteiger partial charge in [-0.05, 0) is 19.1 Å². The first-order valence-corrected chi connectivity index (χ1v) is 6.45. The predicted octanol–water partition coefficient (Wildman–Crippen LogP) is 1.40. The molecule has 0 fully saturated rings. The molecule has 0 saturated carbocycles. The number of carbonyl (C=O) groups excluding carboxylic acids is 1. The molecule has 0 unspecified atom stereocenters. The molecule has 0 bridgehead atoms. The molecular formula is C13H18N6O. The number of aryl methyl sites for hydroxylation is 3. The lowest BCUT2D eigenvalue weighted by Gasteiger charge is -2.05. The third-order valence-electron chi connectivity index (χ3n) is 2.77. The topological polar surface area (TPSA) is 84.7 Å². The van der Waals surface area contributed by atoms with Gasteiger partial charge < -0.3 is 5.32 Å². The molecule has 0 spiro atoms. The van der Waals surface area contributed by atoms with Gasteiger partial charge in [0.05, 0.1) is 12.2 Å². The smallest absolute Gasteiger partial charge is 0.321 e. The molecule has 2 aromatic heterocycles. The van der Waals surface area contributed by atoms with Crippen LogP contribution in [0.4, 0.5) is 10.7 Å². The Balaban J connectivity index is 1.89. The van der Waals surface area contributed by atoms with E-state index in [1.165, 1.54) is 0 Å². The molecule has 20 heavy (non-hydrogen) atoms. The predicted molar refractivity (Wildman–Crippen MR) is 75.2 cm³/mol. The van der Waals surface area contributed by atoms with Crippen molar-refractivity contribution in [2.24, 2.45) is 7.05 Å². The third kappa shape index (κ3) is 3.53. The van der Waals surface area contributed by atoms with Crippen molar-refractivity contribution in [1.82, 2.24) is 25.1 Å². The minimum atomic E-state index is -0.346. The van der Waals surface area contributed by atoms with Crippen LogP contribution in [0.15, 0.2) is 18.2 Å². The third-order valence-corrected chi connectivity index (χ3v) is 2.77. The molecule has 0 saturated heterocycles. The van der Waals surface area contributed by atoms with Crippen molar-refractivity contribution in [2.45, 2.75) is 26.8 Å². The molecular weight excluding hydrogens is 256 g/mol. The molecule has 2 heterocycles. The second-order valence-corrected chi connectivity index (χ2v) is 4.41. The summed E-state index contributed by atoms with van der Waals surface area (Å²) in [5, 5.41) is 9.43. The van der Waals surface area contributed by atoms with Crippen LogP contribution in [-0.4, -0.2) is 25.8 Å². The van der Waals surface area contributed by atoms with Crippen molar-refractivity contribution in [3.8, 4) is 0 Å². The fourth-order valence-corrected chi connectivity index (χ4v) is 1.79. The van der Waals surface area contributed by atoms with Gasteiger partial charge in [-0.2, -0.15) is 4.98 Å². The zero-order valence-electron chi connectivity index (χ0n) is 11.8. The molecule has 2 rings (SSSR count). The highest BCUT2D eigenvalue weighted by atomic mass is 16.2. The Morgan fingerprint density at radius 2 is 2.15 bits per heavy atom. The van der Waals surface area contributed by atoms with E-state index in [0.29, 0.717) is 12.5 Å². The summed E-state index contributed by atoms with van der Waals surface area (Å²) in [4.78, 5) is 20.2. The highest BCUT2D eigenvalue weighted by molar-refractivity contribution is 5.87. The molecule has 0 aliphatic carbocycles. The summed E-state index contributed by atoms with van der Waals surface area (Å²) in [6.07, 6.45) is 0.764. The Kier molecular flexibility index (Phi) is 4.29. The minimum absolute atomic E-state index is 0.305. The van der Waals surface area contributed by atoms with Gasteiger partial charge in [-0.25, -0.2) is 4.79 Å². The Labute approximate surface area is 117 Å². The van der Waals surface area contributed by atoms with Gasteiger partial charge in [-0.15, -0.1) is 5.10 Å². The van der Waals surface area contributed by atoms with Gasteiger partial charge in [0.1, 0.15) is 5.82 Å². The van der Waals surface area contributed by atoms with Crippen LogP contribution in [0.5, 0.6) is 0 Å². The zero-order valence-corrected chi connectivity index (χ0v) is 11.8. The lowest BCUT2D eigenvalue weighted by atomic mass is 10.3. The van der Waals surface area contributed by atoms with E-state index in [2.05, 4.69) is 25.7 Å². The molecule has 2 aromatic rings. The molecule has 7 nitrogen and oxygen atoms in total. The van der Waals surface area contributed by atoms with Gasteiger partial charge >= 0.3 is 6.03 Å². The number of urea groups is 1. The van der Waals surface area contributed by atoms with Crippen molar-refractivity contribution in [2.75, 3.05) is 5.32 Å². The first kappa shape index (κ1) is 14.0. The number of hydrogen-bond acceptors (Lipinski definition) is 4. The number of nitrogens with zero attached hydrogens (tertiary/aromatic N) is 4. The first-order chi connectivity index (χ1) is 9.58. The Bertz CT molecular complexity index is 607. The lowest BCUT2D eigenvalue weighted by molar-refractivity contribution is 0.251. The van der Waals surface area contributed by atoms with Crippen LogP contribution in [0.2, 0.25) is 0 Å². The maximum Gasteiger partial charge on any atom is 0.321 e. The lowest BCUT2D eigenvalue weighted by Crippen LogP contribution is -2.29. The molecule has 7 heteroatoms. The average Bonchev–Trinajstić information content (AvgIpc) is 2.76. The molecule has 2 N–H and O–H groups in total. The van der Waals surface area contributed by atoms with Crippen molar-refractivity contribution in [3.63, 3.8) is 0 Å². The summed E-state index contributed by atoms with van der Waals surface area (Å²) in [5.74, 6) is 1.12. The summed E-state index contributed by atoms with van der Waals surface area (Å²) in [5.41, 5.74) is 1.73. The van der Waals surface area contributed by atoms with E-state index >= 15 is 0 Å². The van der Waals surface area contributed by atoms with Crippen LogP contribution in [-0.2, 0) is 20.0 Å². The molecule has 106 valence electrons. The van der Waals surface area contributed by atoms with Gasteiger partial charge in [0, 0.05) is 19.2 Å². The quantitative estimate of drug-likeness (QED) is 0.882. The second-order valence-electron chi connectivity index (χ2n) is 4.41. The maximum absolute atomic E-state index is 11.7. The first-order valence-electron chi connectivity index (χ1n) is 6.45.